The number of hydrogen-bond donors (Lipinski definition) is 2. The number of benzene rings is 2. The van der Waals surface area contributed by atoms with Gasteiger partial charge in [0, 0.05) is 19.0 Å². The van der Waals surface area contributed by atoms with Gasteiger partial charge >= 0.3 is 12.1 Å². The number of carbonyl (C=O) groups is 3. The molecule has 4 unspecified atom stereocenters. The highest BCUT2D eigenvalue weighted by Gasteiger charge is 2.37. The molecule has 1 aliphatic heterocycles. The predicted molar refractivity (Wildman–Crippen MR) is 133 cm³/mol. The SMILES string of the molecule is CCC(C)C(NC(=O)OCC1c2ccccc2-c2ccccc21)C(=O)N1CCC(C(=O)O)C(C)C1. The Morgan fingerprint density at radius 2 is 1.69 bits per heavy atom. The Bertz CT molecular complexity index is 1050. The first-order valence-corrected chi connectivity index (χ1v) is 12.4. The number of fused-ring (bicyclic) bond motifs is 3. The molecule has 1 heterocycles. The van der Waals surface area contributed by atoms with Crippen LogP contribution < -0.4 is 5.32 Å². The molecule has 2 N–H and O–H groups in total. The van der Waals surface area contributed by atoms with Crippen LogP contribution in [-0.2, 0) is 14.3 Å². The lowest BCUT2D eigenvalue weighted by Gasteiger charge is -2.37. The molecule has 2 amide bonds. The van der Waals surface area contributed by atoms with Gasteiger partial charge in [-0.2, -0.15) is 0 Å². The number of carbonyl (C=O) groups excluding carboxylic acids is 2. The summed E-state index contributed by atoms with van der Waals surface area (Å²) in [7, 11) is 0. The second kappa shape index (κ2) is 10.5. The number of nitrogens with one attached hydrogen (secondary N) is 1. The fourth-order valence-corrected chi connectivity index (χ4v) is 5.36. The van der Waals surface area contributed by atoms with Crippen LogP contribution in [0.15, 0.2) is 48.5 Å². The van der Waals surface area contributed by atoms with Crippen molar-refractivity contribution < 1.29 is 24.2 Å². The van der Waals surface area contributed by atoms with Gasteiger partial charge in [-0.1, -0.05) is 75.7 Å². The van der Waals surface area contributed by atoms with Gasteiger partial charge in [0.05, 0.1) is 5.92 Å². The zero-order chi connectivity index (χ0) is 25.1. The minimum Gasteiger partial charge on any atom is -0.481 e. The van der Waals surface area contributed by atoms with E-state index < -0.39 is 24.0 Å². The van der Waals surface area contributed by atoms with Crippen LogP contribution in [0.5, 0.6) is 0 Å². The van der Waals surface area contributed by atoms with Crippen molar-refractivity contribution in [1.29, 1.82) is 0 Å². The molecule has 186 valence electrons. The largest absolute Gasteiger partial charge is 0.481 e. The minimum atomic E-state index is -0.820. The lowest BCUT2D eigenvalue weighted by Crippen LogP contribution is -2.55. The van der Waals surface area contributed by atoms with E-state index in [0.29, 0.717) is 25.9 Å². The number of carboxylic acids is 1. The van der Waals surface area contributed by atoms with Gasteiger partial charge in [0.25, 0.3) is 0 Å². The molecule has 2 aromatic rings. The molecule has 1 fully saturated rings. The van der Waals surface area contributed by atoms with Gasteiger partial charge in [-0.3, -0.25) is 9.59 Å². The van der Waals surface area contributed by atoms with Crippen molar-refractivity contribution in [2.75, 3.05) is 19.7 Å². The van der Waals surface area contributed by atoms with Gasteiger partial charge in [-0.05, 0) is 40.5 Å². The molecule has 35 heavy (non-hydrogen) atoms. The van der Waals surface area contributed by atoms with Crippen LogP contribution in [0.25, 0.3) is 11.1 Å². The highest BCUT2D eigenvalue weighted by atomic mass is 16.5. The summed E-state index contributed by atoms with van der Waals surface area (Å²) in [5.41, 5.74) is 4.57. The molecule has 2 aromatic carbocycles. The molecule has 0 radical (unpaired) electrons. The minimum absolute atomic E-state index is 0.0539. The maximum atomic E-state index is 13.4. The molecule has 4 atom stereocenters. The van der Waals surface area contributed by atoms with Gasteiger partial charge in [0.15, 0.2) is 0 Å². The molecule has 0 saturated carbocycles. The van der Waals surface area contributed by atoms with Crippen molar-refractivity contribution in [2.24, 2.45) is 17.8 Å². The molecule has 4 rings (SSSR count). The molecule has 7 nitrogen and oxygen atoms in total. The Hall–Kier alpha value is -3.35. The molecular formula is C28H34N2O5. The number of alkyl carbamates (subject to hydrolysis) is 1. The fraction of sp³-hybridized carbons (Fsp3) is 0.464. The van der Waals surface area contributed by atoms with E-state index in [2.05, 4.69) is 29.6 Å². The van der Waals surface area contributed by atoms with E-state index >= 15 is 0 Å². The first kappa shape index (κ1) is 24.8. The Morgan fingerprint density at radius 3 is 2.23 bits per heavy atom. The van der Waals surface area contributed by atoms with Crippen LogP contribution in [0.3, 0.4) is 0 Å². The van der Waals surface area contributed by atoms with Gasteiger partial charge in [0.2, 0.25) is 5.91 Å². The summed E-state index contributed by atoms with van der Waals surface area (Å²) in [5.74, 6) is -1.73. The Balaban J connectivity index is 1.42. The zero-order valence-electron chi connectivity index (χ0n) is 20.6. The highest BCUT2D eigenvalue weighted by molar-refractivity contribution is 5.86. The maximum Gasteiger partial charge on any atom is 0.407 e. The number of aliphatic carboxylic acids is 1. The van der Waals surface area contributed by atoms with E-state index in [1.54, 1.807) is 4.90 Å². The van der Waals surface area contributed by atoms with E-state index in [1.165, 1.54) is 0 Å². The van der Waals surface area contributed by atoms with Crippen LogP contribution in [0.2, 0.25) is 0 Å². The average molecular weight is 479 g/mol. The lowest BCUT2D eigenvalue weighted by atomic mass is 9.86. The monoisotopic (exact) mass is 478 g/mol. The standard InChI is InChI=1S/C28H34N2O5/c1-4-17(2)25(26(31)30-14-13-19(27(32)33)18(3)15-30)29-28(34)35-16-24-22-11-7-5-9-20(22)21-10-6-8-12-23(21)24/h5-12,17-19,24-25H,4,13-16H2,1-3H3,(H,29,34)(H,32,33). The number of piperidine rings is 1. The van der Waals surface area contributed by atoms with E-state index in [1.807, 2.05) is 45.0 Å². The Kier molecular flexibility index (Phi) is 7.43. The summed E-state index contributed by atoms with van der Waals surface area (Å²) >= 11 is 0. The smallest absolute Gasteiger partial charge is 0.407 e. The average Bonchev–Trinajstić information content (AvgIpc) is 3.18. The first-order valence-electron chi connectivity index (χ1n) is 12.4. The summed E-state index contributed by atoms with van der Waals surface area (Å²) in [6, 6.07) is 15.6. The maximum absolute atomic E-state index is 13.4. The molecule has 2 aliphatic rings. The molecule has 7 heteroatoms. The van der Waals surface area contributed by atoms with Crippen molar-refractivity contribution in [3.05, 3.63) is 59.7 Å². The third kappa shape index (κ3) is 5.04. The predicted octanol–water partition coefficient (Wildman–Crippen LogP) is 4.51. The molecule has 0 spiro atoms. The summed E-state index contributed by atoms with van der Waals surface area (Å²) in [4.78, 5) is 39.3. The number of likely N-dealkylation sites (tertiary alicyclic amines) is 1. The van der Waals surface area contributed by atoms with Crippen LogP contribution in [0.4, 0.5) is 4.79 Å². The van der Waals surface area contributed by atoms with E-state index in [-0.39, 0.29) is 30.3 Å². The van der Waals surface area contributed by atoms with Crippen LogP contribution in [0.1, 0.15) is 50.7 Å². The molecular weight excluding hydrogens is 444 g/mol. The summed E-state index contributed by atoms with van der Waals surface area (Å²) < 4.78 is 5.67. The van der Waals surface area contributed by atoms with Gasteiger partial charge in [-0.15, -0.1) is 0 Å². The summed E-state index contributed by atoms with van der Waals surface area (Å²) in [6.07, 6.45) is 0.515. The van der Waals surface area contributed by atoms with Crippen LogP contribution in [-0.4, -0.2) is 53.7 Å². The van der Waals surface area contributed by atoms with Crippen molar-refractivity contribution in [3.8, 4) is 11.1 Å². The molecule has 0 bridgehead atoms. The van der Waals surface area contributed by atoms with E-state index in [4.69, 9.17) is 4.74 Å². The number of nitrogens with zero attached hydrogens (tertiary/aromatic N) is 1. The number of carboxylic acid groups (broad SMARTS) is 1. The van der Waals surface area contributed by atoms with Crippen LogP contribution in [0, 0.1) is 17.8 Å². The van der Waals surface area contributed by atoms with E-state index in [9.17, 15) is 19.5 Å². The van der Waals surface area contributed by atoms with E-state index in [0.717, 1.165) is 22.3 Å². The Labute approximate surface area is 206 Å². The number of amides is 2. The van der Waals surface area contributed by atoms with Gasteiger partial charge in [-0.25, -0.2) is 4.79 Å². The van der Waals surface area contributed by atoms with Crippen molar-refractivity contribution in [2.45, 2.75) is 45.6 Å². The molecule has 1 aliphatic carbocycles. The first-order chi connectivity index (χ1) is 16.8. The Morgan fingerprint density at radius 1 is 1.09 bits per heavy atom. The topological polar surface area (TPSA) is 95.9 Å². The van der Waals surface area contributed by atoms with Crippen LogP contribution >= 0.6 is 0 Å². The van der Waals surface area contributed by atoms with Crippen molar-refractivity contribution in [3.63, 3.8) is 0 Å². The van der Waals surface area contributed by atoms with Crippen molar-refractivity contribution in [1.82, 2.24) is 10.2 Å². The third-order valence-electron chi connectivity index (χ3n) is 7.63. The third-order valence-corrected chi connectivity index (χ3v) is 7.63. The molecule has 0 aromatic heterocycles. The normalized spacial score (nSPS) is 20.9. The number of rotatable bonds is 7. The second-order valence-corrected chi connectivity index (χ2v) is 9.83. The zero-order valence-corrected chi connectivity index (χ0v) is 20.6. The van der Waals surface area contributed by atoms with Crippen molar-refractivity contribution >= 4 is 18.0 Å². The summed E-state index contributed by atoms with van der Waals surface area (Å²) in [6.45, 7) is 6.69. The highest BCUT2D eigenvalue weighted by Crippen LogP contribution is 2.44. The van der Waals surface area contributed by atoms with Gasteiger partial charge in [0.1, 0.15) is 12.6 Å². The quantitative estimate of drug-likeness (QED) is 0.611. The van der Waals surface area contributed by atoms with Gasteiger partial charge < -0.3 is 20.1 Å². The number of hydrogen-bond acceptors (Lipinski definition) is 4. The summed E-state index contributed by atoms with van der Waals surface area (Å²) in [5, 5.41) is 12.2. The molecule has 1 saturated heterocycles. The number of ether oxygens (including phenoxy) is 1. The lowest BCUT2D eigenvalue weighted by molar-refractivity contribution is -0.149. The second-order valence-electron chi connectivity index (χ2n) is 9.83. The fourth-order valence-electron chi connectivity index (χ4n) is 5.36.